The van der Waals surface area contributed by atoms with Gasteiger partial charge in [-0.15, -0.1) is 11.3 Å². The fraction of sp³-hybridized carbons (Fsp3) is 0.450. The number of hydrogen-bond acceptors (Lipinski definition) is 6. The van der Waals surface area contributed by atoms with Crippen LogP contribution in [-0.4, -0.2) is 69.4 Å². The predicted molar refractivity (Wildman–Crippen MR) is 114 cm³/mol. The summed E-state index contributed by atoms with van der Waals surface area (Å²) in [6, 6.07) is 7.42. The molecule has 10 heteroatoms. The molecule has 0 unspecified atom stereocenters. The van der Waals surface area contributed by atoms with Gasteiger partial charge in [-0.1, -0.05) is 0 Å². The number of aryl methyl sites for hydroxylation is 2. The van der Waals surface area contributed by atoms with E-state index in [0.717, 1.165) is 9.75 Å². The Morgan fingerprint density at radius 2 is 1.83 bits per heavy atom. The van der Waals surface area contributed by atoms with E-state index in [1.807, 2.05) is 18.7 Å². The molecule has 0 atom stereocenters. The van der Waals surface area contributed by atoms with Gasteiger partial charge in [-0.2, -0.15) is 4.31 Å². The molecule has 0 saturated carbocycles. The van der Waals surface area contributed by atoms with Gasteiger partial charge in [0.05, 0.1) is 18.0 Å². The zero-order valence-corrected chi connectivity index (χ0v) is 18.7. The maximum atomic E-state index is 12.9. The van der Waals surface area contributed by atoms with Gasteiger partial charge in [0.1, 0.15) is 18.2 Å². The molecule has 0 spiro atoms. The third-order valence-electron chi connectivity index (χ3n) is 4.82. The first-order valence-electron chi connectivity index (χ1n) is 9.70. The van der Waals surface area contributed by atoms with E-state index in [-0.39, 0.29) is 24.9 Å². The molecule has 2 heterocycles. The van der Waals surface area contributed by atoms with E-state index in [0.29, 0.717) is 43.4 Å². The highest BCUT2D eigenvalue weighted by Gasteiger charge is 2.30. The van der Waals surface area contributed by atoms with Crippen LogP contribution in [0, 0.1) is 19.7 Å². The van der Waals surface area contributed by atoms with E-state index in [4.69, 9.17) is 4.74 Å². The molecule has 1 aliphatic heterocycles. The quantitative estimate of drug-likeness (QED) is 0.616. The van der Waals surface area contributed by atoms with Crippen molar-refractivity contribution in [3.63, 3.8) is 0 Å². The molecule has 1 amide bonds. The Morgan fingerprint density at radius 1 is 1.17 bits per heavy atom. The summed E-state index contributed by atoms with van der Waals surface area (Å²) >= 11 is 1.48. The molecule has 1 fully saturated rings. The number of nitrogens with zero attached hydrogens (tertiary/aromatic N) is 2. The molecule has 1 saturated heterocycles. The van der Waals surface area contributed by atoms with E-state index in [2.05, 4.69) is 5.32 Å². The number of hydrogen-bond donors (Lipinski definition) is 1. The number of halogens is 1. The summed E-state index contributed by atoms with van der Waals surface area (Å²) in [5.41, 5.74) is 0. The largest absolute Gasteiger partial charge is 0.492 e. The van der Waals surface area contributed by atoms with Gasteiger partial charge in [0.2, 0.25) is 15.9 Å². The lowest BCUT2D eigenvalue weighted by atomic mass is 10.3. The van der Waals surface area contributed by atoms with Crippen molar-refractivity contribution in [3.8, 4) is 5.75 Å². The van der Waals surface area contributed by atoms with Crippen LogP contribution in [0.2, 0.25) is 0 Å². The highest BCUT2D eigenvalue weighted by atomic mass is 32.2. The fourth-order valence-corrected chi connectivity index (χ4v) is 6.23. The van der Waals surface area contributed by atoms with Gasteiger partial charge in [0.25, 0.3) is 0 Å². The zero-order chi connectivity index (χ0) is 21.7. The summed E-state index contributed by atoms with van der Waals surface area (Å²) in [4.78, 5) is 16.2. The maximum Gasteiger partial charge on any atom is 0.244 e. The van der Waals surface area contributed by atoms with E-state index < -0.39 is 10.0 Å². The highest BCUT2D eigenvalue weighted by molar-refractivity contribution is 7.89. The van der Waals surface area contributed by atoms with Crippen LogP contribution in [0.15, 0.2) is 35.2 Å². The van der Waals surface area contributed by atoms with Crippen LogP contribution in [0.3, 0.4) is 0 Å². The number of benzene rings is 1. The first-order valence-corrected chi connectivity index (χ1v) is 12.0. The first kappa shape index (κ1) is 22.7. The van der Waals surface area contributed by atoms with E-state index >= 15 is 0 Å². The van der Waals surface area contributed by atoms with Gasteiger partial charge in [-0.25, -0.2) is 12.8 Å². The van der Waals surface area contributed by atoms with Gasteiger partial charge in [-0.05, 0) is 44.2 Å². The van der Waals surface area contributed by atoms with Crippen LogP contribution in [0.25, 0.3) is 0 Å². The number of carbonyl (C=O) groups is 1. The second-order valence-electron chi connectivity index (χ2n) is 7.11. The Hall–Kier alpha value is -2.01. The maximum absolute atomic E-state index is 12.9. The third kappa shape index (κ3) is 5.78. The summed E-state index contributed by atoms with van der Waals surface area (Å²) < 4.78 is 45.5. The third-order valence-corrected chi connectivity index (χ3v) is 7.94. The Kier molecular flexibility index (Phi) is 7.45. The van der Waals surface area contributed by atoms with Gasteiger partial charge < -0.3 is 10.1 Å². The van der Waals surface area contributed by atoms with Gasteiger partial charge in [-0.3, -0.25) is 9.69 Å². The van der Waals surface area contributed by atoms with Gasteiger partial charge in [0, 0.05) is 35.9 Å². The molecule has 1 N–H and O–H groups in total. The van der Waals surface area contributed by atoms with Crippen LogP contribution in [0.1, 0.15) is 9.75 Å². The molecule has 1 aliphatic rings. The average molecular weight is 456 g/mol. The van der Waals surface area contributed by atoms with Crippen molar-refractivity contribution in [2.24, 2.45) is 0 Å². The molecule has 1 aromatic carbocycles. The summed E-state index contributed by atoms with van der Waals surface area (Å²) in [5, 5.41) is 2.78. The van der Waals surface area contributed by atoms with Crippen molar-refractivity contribution < 1.29 is 22.3 Å². The Bertz CT molecular complexity index is 968. The van der Waals surface area contributed by atoms with E-state index in [1.165, 1.54) is 39.9 Å². The predicted octanol–water partition coefficient (Wildman–Crippen LogP) is 2.01. The molecule has 2 aromatic rings. The Morgan fingerprint density at radius 3 is 2.43 bits per heavy atom. The minimum absolute atomic E-state index is 0.140. The second-order valence-corrected chi connectivity index (χ2v) is 10.5. The van der Waals surface area contributed by atoms with Gasteiger partial charge >= 0.3 is 0 Å². The Labute approximate surface area is 180 Å². The summed E-state index contributed by atoms with van der Waals surface area (Å²) in [7, 11) is -3.49. The number of thiophene rings is 1. The topological polar surface area (TPSA) is 79.0 Å². The number of piperazine rings is 1. The van der Waals surface area contributed by atoms with Crippen LogP contribution < -0.4 is 10.1 Å². The monoisotopic (exact) mass is 455 g/mol. The molecule has 0 bridgehead atoms. The fourth-order valence-electron chi connectivity index (χ4n) is 3.28. The SMILES string of the molecule is Cc1cc(S(=O)(=O)N2CCN(CC(=O)NCCOc3ccc(F)cc3)CC2)c(C)s1. The normalized spacial score (nSPS) is 15.8. The molecular formula is C20H26FN3O4S2. The van der Waals surface area contributed by atoms with Gasteiger partial charge in [0.15, 0.2) is 0 Å². The van der Waals surface area contributed by atoms with Crippen LogP contribution >= 0.6 is 11.3 Å². The van der Waals surface area contributed by atoms with Crippen molar-refractivity contribution in [2.75, 3.05) is 45.9 Å². The first-order chi connectivity index (χ1) is 14.3. The molecular weight excluding hydrogens is 429 g/mol. The average Bonchev–Trinajstić information content (AvgIpc) is 3.06. The number of carbonyl (C=O) groups excluding carboxylic acids is 1. The number of rotatable bonds is 8. The summed E-state index contributed by atoms with van der Waals surface area (Å²) in [5.74, 6) is 0.0708. The zero-order valence-electron chi connectivity index (χ0n) is 17.1. The molecule has 164 valence electrons. The Balaban J connectivity index is 1.39. The molecule has 30 heavy (non-hydrogen) atoms. The minimum atomic E-state index is -3.49. The van der Waals surface area contributed by atoms with Crippen molar-refractivity contribution in [3.05, 3.63) is 45.9 Å². The van der Waals surface area contributed by atoms with E-state index in [9.17, 15) is 17.6 Å². The highest BCUT2D eigenvalue weighted by Crippen LogP contribution is 2.28. The van der Waals surface area contributed by atoms with Crippen LogP contribution in [0.5, 0.6) is 5.75 Å². The molecule has 7 nitrogen and oxygen atoms in total. The lowest BCUT2D eigenvalue weighted by Crippen LogP contribution is -2.51. The standard InChI is InChI=1S/C20H26FN3O4S2/c1-15-13-19(16(2)29-15)30(26,27)24-10-8-23(9-11-24)14-20(25)22-7-12-28-18-5-3-17(21)4-6-18/h3-6,13H,7-12,14H2,1-2H3,(H,22,25). The van der Waals surface area contributed by atoms with Crippen LogP contribution in [0.4, 0.5) is 4.39 Å². The van der Waals surface area contributed by atoms with Crippen molar-refractivity contribution in [1.29, 1.82) is 0 Å². The summed E-state index contributed by atoms with van der Waals surface area (Å²) in [6.45, 7) is 6.27. The smallest absolute Gasteiger partial charge is 0.244 e. The number of amides is 1. The molecule has 3 rings (SSSR count). The second kappa shape index (κ2) is 9.86. The number of sulfonamides is 1. The lowest BCUT2D eigenvalue weighted by molar-refractivity contribution is -0.122. The van der Waals surface area contributed by atoms with E-state index in [1.54, 1.807) is 6.07 Å². The lowest BCUT2D eigenvalue weighted by Gasteiger charge is -2.33. The molecule has 1 aromatic heterocycles. The molecule has 0 radical (unpaired) electrons. The van der Waals surface area contributed by atoms with Crippen molar-refractivity contribution in [1.82, 2.24) is 14.5 Å². The summed E-state index contributed by atoms with van der Waals surface area (Å²) in [6.07, 6.45) is 0. The molecule has 0 aliphatic carbocycles. The van der Waals surface area contributed by atoms with Crippen molar-refractivity contribution in [2.45, 2.75) is 18.7 Å². The minimum Gasteiger partial charge on any atom is -0.492 e. The number of ether oxygens (including phenoxy) is 1. The van der Waals surface area contributed by atoms with Crippen LogP contribution in [-0.2, 0) is 14.8 Å². The van der Waals surface area contributed by atoms with Crippen molar-refractivity contribution >= 4 is 27.3 Å². The number of nitrogens with one attached hydrogen (secondary N) is 1.